The predicted molar refractivity (Wildman–Crippen MR) is 136 cm³/mol. The van der Waals surface area contributed by atoms with Crippen LogP contribution in [0.5, 0.6) is 0 Å². The highest BCUT2D eigenvalue weighted by molar-refractivity contribution is 5.00. The number of nitrogens with zero attached hydrogens (tertiary/aromatic N) is 9. The van der Waals surface area contributed by atoms with E-state index in [9.17, 15) is 36.2 Å². The van der Waals surface area contributed by atoms with Gasteiger partial charge in [0.1, 0.15) is 55.0 Å². The van der Waals surface area contributed by atoms with Crippen LogP contribution in [0.3, 0.4) is 0 Å². The first kappa shape index (κ1) is 33.9. The van der Waals surface area contributed by atoms with Crippen LogP contribution in [0.15, 0.2) is 15.3 Å². The van der Waals surface area contributed by atoms with E-state index >= 15 is 0 Å². The Morgan fingerprint density at radius 1 is 0.786 bits per heavy atom. The van der Waals surface area contributed by atoms with E-state index in [0.717, 1.165) is 0 Å². The van der Waals surface area contributed by atoms with Gasteiger partial charge in [-0.3, -0.25) is 5.32 Å². The lowest BCUT2D eigenvalue weighted by Gasteiger charge is -2.48. The molecule has 8 unspecified atom stereocenters. The zero-order chi connectivity index (χ0) is 31.1. The van der Waals surface area contributed by atoms with Gasteiger partial charge in [0.25, 0.3) is 0 Å². The van der Waals surface area contributed by atoms with E-state index in [1.165, 1.54) is 13.8 Å². The summed E-state index contributed by atoms with van der Waals surface area (Å²) in [5.41, 5.74) is 27.1. The van der Waals surface area contributed by atoms with Crippen LogP contribution in [0.2, 0.25) is 0 Å². The third-order valence-corrected chi connectivity index (χ3v) is 7.11. The molecule has 42 heavy (non-hydrogen) atoms. The molecule has 0 aliphatic carbocycles. The summed E-state index contributed by atoms with van der Waals surface area (Å²) in [5, 5.41) is 77.0. The maximum absolute atomic E-state index is 11.3. The van der Waals surface area contributed by atoms with Crippen LogP contribution < -0.4 is 5.32 Å². The summed E-state index contributed by atoms with van der Waals surface area (Å²) in [7, 11) is 0. The van der Waals surface area contributed by atoms with Crippen molar-refractivity contribution >= 4 is 0 Å². The lowest BCUT2D eigenvalue weighted by atomic mass is 9.94. The molecule has 3 fully saturated rings. The van der Waals surface area contributed by atoms with Crippen LogP contribution in [0.1, 0.15) is 27.2 Å². The Bertz CT molecular complexity index is 1040. The summed E-state index contributed by atoms with van der Waals surface area (Å²) >= 11 is 0. The molecule has 3 heterocycles. The number of aliphatic hydroxyl groups is 6. The molecule has 21 heteroatoms. The van der Waals surface area contributed by atoms with Gasteiger partial charge < -0.3 is 54.3 Å². The fourth-order valence-electron chi connectivity index (χ4n) is 4.95. The Morgan fingerprint density at radius 3 is 2.00 bits per heavy atom. The second-order valence-electron chi connectivity index (χ2n) is 10.1. The standard InChI is InChI=1S/C21H36N10O11/c1-4-5-25-18-13(37)16(40-21-12(36)11(35)14(38-21)6(2)26-29-22)17(19(42-18)28-31-24)41-20-8(27-30-23)9(33)10(34)15(39-20)7(3)32/h6-21,25,32-37H,4-5H2,1-3H3/t6-,7+,8?,9?,10-,11?,12?,13?,14+,15?,16?,17-,18+,19?,20+,21-/m0/s1. The smallest absolute Gasteiger partial charge is 0.187 e. The van der Waals surface area contributed by atoms with E-state index in [4.69, 9.17) is 34.7 Å². The number of hydrogen-bond donors (Lipinski definition) is 7. The lowest BCUT2D eigenvalue weighted by molar-refractivity contribution is -0.342. The van der Waals surface area contributed by atoms with E-state index in [0.29, 0.717) is 13.0 Å². The Kier molecular flexibility index (Phi) is 12.3. The topological polar surface area (TPSA) is 326 Å². The molecule has 0 bridgehead atoms. The van der Waals surface area contributed by atoms with Crippen molar-refractivity contribution < 1.29 is 54.3 Å². The minimum Gasteiger partial charge on any atom is -0.391 e. The number of nitrogens with one attached hydrogen (secondary N) is 1. The van der Waals surface area contributed by atoms with Crippen molar-refractivity contribution in [1.82, 2.24) is 5.32 Å². The van der Waals surface area contributed by atoms with Gasteiger partial charge in [-0.1, -0.05) is 29.2 Å². The molecule has 3 rings (SSSR count). The number of rotatable bonds is 12. The SMILES string of the molecule is CCCN[C@@H]1OC(N=[N+]=[N-])[C@@H](O[C@H]2OC([C@@H](C)O)[C@@H](O)C(O)C2N=[N+]=[N-])C(O[C@@H]2O[C@H]([C@H](C)N=[N+]=[N-])C(O)C2O)C1O. The molecule has 0 radical (unpaired) electrons. The Morgan fingerprint density at radius 2 is 1.40 bits per heavy atom. The molecule has 16 atom stereocenters. The molecule has 0 aromatic heterocycles. The van der Waals surface area contributed by atoms with Crippen LogP contribution in [0.25, 0.3) is 31.3 Å². The Labute approximate surface area is 238 Å². The highest BCUT2D eigenvalue weighted by Crippen LogP contribution is 2.35. The van der Waals surface area contributed by atoms with E-state index in [-0.39, 0.29) is 0 Å². The number of ether oxygens (including phenoxy) is 5. The molecular weight excluding hydrogens is 568 g/mol. The van der Waals surface area contributed by atoms with Crippen molar-refractivity contribution in [2.45, 2.75) is 125 Å². The van der Waals surface area contributed by atoms with Crippen LogP contribution >= 0.6 is 0 Å². The molecule has 0 amide bonds. The summed E-state index contributed by atoms with van der Waals surface area (Å²) in [6, 6.07) is -2.52. The highest BCUT2D eigenvalue weighted by atomic mass is 16.7. The van der Waals surface area contributed by atoms with Crippen molar-refractivity contribution in [2.24, 2.45) is 15.3 Å². The quantitative estimate of drug-likeness (QED) is 0.0781. The van der Waals surface area contributed by atoms with Gasteiger partial charge in [-0.25, -0.2) is 0 Å². The van der Waals surface area contributed by atoms with E-state index in [2.05, 4.69) is 35.4 Å². The highest BCUT2D eigenvalue weighted by Gasteiger charge is 2.55. The molecular formula is C21H36N10O11. The number of azide groups is 3. The van der Waals surface area contributed by atoms with E-state index in [1.54, 1.807) is 0 Å². The van der Waals surface area contributed by atoms with Gasteiger partial charge in [-0.2, -0.15) is 0 Å². The molecule has 0 aromatic carbocycles. The number of hydrogen-bond acceptors (Lipinski definition) is 15. The van der Waals surface area contributed by atoms with E-state index < -0.39 is 98.2 Å². The fraction of sp³-hybridized carbons (Fsp3) is 1.00. The van der Waals surface area contributed by atoms with Crippen molar-refractivity contribution in [3.8, 4) is 0 Å². The summed E-state index contributed by atoms with van der Waals surface area (Å²) in [6.45, 7) is 4.90. The van der Waals surface area contributed by atoms with Crippen LogP contribution in [-0.4, -0.2) is 135 Å². The van der Waals surface area contributed by atoms with Crippen molar-refractivity contribution in [2.75, 3.05) is 6.54 Å². The van der Waals surface area contributed by atoms with Gasteiger partial charge in [0.15, 0.2) is 18.8 Å². The zero-order valence-electron chi connectivity index (χ0n) is 22.9. The average molecular weight is 605 g/mol. The predicted octanol–water partition coefficient (Wildman–Crippen LogP) is -1.24. The third kappa shape index (κ3) is 7.32. The van der Waals surface area contributed by atoms with Crippen LogP contribution in [0, 0.1) is 0 Å². The molecule has 3 aliphatic heterocycles. The molecule has 0 saturated carbocycles. The molecule has 0 spiro atoms. The van der Waals surface area contributed by atoms with Crippen molar-refractivity contribution in [3.05, 3.63) is 31.3 Å². The van der Waals surface area contributed by atoms with Gasteiger partial charge in [0.05, 0.1) is 24.4 Å². The summed E-state index contributed by atoms with van der Waals surface area (Å²) in [4.78, 5) is 8.07. The van der Waals surface area contributed by atoms with Gasteiger partial charge >= 0.3 is 0 Å². The molecule has 0 aromatic rings. The largest absolute Gasteiger partial charge is 0.391 e. The van der Waals surface area contributed by atoms with Gasteiger partial charge in [0, 0.05) is 14.7 Å². The molecule has 7 N–H and O–H groups in total. The van der Waals surface area contributed by atoms with Crippen LogP contribution in [0.4, 0.5) is 0 Å². The first-order chi connectivity index (χ1) is 20.0. The van der Waals surface area contributed by atoms with Crippen molar-refractivity contribution in [3.63, 3.8) is 0 Å². The fourth-order valence-corrected chi connectivity index (χ4v) is 4.95. The first-order valence-corrected chi connectivity index (χ1v) is 13.2. The third-order valence-electron chi connectivity index (χ3n) is 7.11. The minimum atomic E-state index is -1.77. The maximum Gasteiger partial charge on any atom is 0.187 e. The van der Waals surface area contributed by atoms with Crippen molar-refractivity contribution in [1.29, 1.82) is 0 Å². The monoisotopic (exact) mass is 604 g/mol. The molecule has 3 saturated heterocycles. The second kappa shape index (κ2) is 15.3. The zero-order valence-corrected chi connectivity index (χ0v) is 22.9. The summed E-state index contributed by atoms with van der Waals surface area (Å²) < 4.78 is 28.8. The Hall–Kier alpha value is -2.55. The molecule has 3 aliphatic rings. The van der Waals surface area contributed by atoms with E-state index in [1.807, 2.05) is 6.92 Å². The minimum absolute atomic E-state index is 0.348. The lowest BCUT2D eigenvalue weighted by Crippen LogP contribution is -2.66. The average Bonchev–Trinajstić information content (AvgIpc) is 3.23. The van der Waals surface area contributed by atoms with Crippen LogP contribution in [-0.2, 0) is 23.7 Å². The second-order valence-corrected chi connectivity index (χ2v) is 10.1. The van der Waals surface area contributed by atoms with Gasteiger partial charge in [0.2, 0.25) is 0 Å². The maximum atomic E-state index is 11.3. The molecule has 236 valence electrons. The summed E-state index contributed by atoms with van der Waals surface area (Å²) in [5.74, 6) is 0. The summed E-state index contributed by atoms with van der Waals surface area (Å²) in [6.07, 6.45) is -21.0. The first-order valence-electron chi connectivity index (χ1n) is 13.2. The van der Waals surface area contributed by atoms with Gasteiger partial charge in [-0.15, -0.1) is 0 Å². The molecule has 21 nitrogen and oxygen atoms in total. The number of aliphatic hydroxyl groups excluding tert-OH is 6. The van der Waals surface area contributed by atoms with Gasteiger partial charge in [-0.05, 0) is 36.5 Å². The Balaban J connectivity index is 1.99. The normalized spacial score (nSPS) is 43.4.